The van der Waals surface area contributed by atoms with Gasteiger partial charge < -0.3 is 29.3 Å². The number of hydrogen-bond donors (Lipinski definition) is 1. The first-order valence-corrected chi connectivity index (χ1v) is 14.4. The Kier molecular flexibility index (Phi) is 12.3. The first-order valence-electron chi connectivity index (χ1n) is 13.5. The molecule has 1 N–H and O–H groups in total. The first-order chi connectivity index (χ1) is 19.4. The fourth-order valence-corrected chi connectivity index (χ4v) is 5.24. The zero-order chi connectivity index (χ0) is 28.9. The highest BCUT2D eigenvalue weighted by Crippen LogP contribution is 2.28. The van der Waals surface area contributed by atoms with Gasteiger partial charge in [0.15, 0.2) is 11.5 Å². The summed E-state index contributed by atoms with van der Waals surface area (Å²) in [6, 6.07) is 15.3. The Morgan fingerprint density at radius 1 is 0.925 bits per heavy atom. The van der Waals surface area contributed by atoms with Crippen LogP contribution in [0.3, 0.4) is 0 Å². The van der Waals surface area contributed by atoms with Crippen molar-refractivity contribution < 1.29 is 23.8 Å². The number of carbonyl (C=O) groups excluding carboxylic acids is 2. The average molecular weight is 568 g/mol. The predicted molar refractivity (Wildman–Crippen MR) is 161 cm³/mol. The topological polar surface area (TPSA) is 80.3 Å². The van der Waals surface area contributed by atoms with E-state index in [9.17, 15) is 9.59 Å². The molecule has 3 rings (SSSR count). The number of nitrogens with zero attached hydrogens (tertiary/aromatic N) is 2. The monoisotopic (exact) mass is 567 g/mol. The van der Waals surface area contributed by atoms with Crippen LogP contribution in [0.25, 0.3) is 0 Å². The maximum absolute atomic E-state index is 13.8. The van der Waals surface area contributed by atoms with E-state index in [4.69, 9.17) is 14.2 Å². The lowest BCUT2D eigenvalue weighted by Gasteiger charge is -2.28. The van der Waals surface area contributed by atoms with Crippen LogP contribution >= 0.6 is 11.3 Å². The minimum Gasteiger partial charge on any atom is -0.493 e. The van der Waals surface area contributed by atoms with Crippen LogP contribution in [-0.4, -0.2) is 69.3 Å². The Morgan fingerprint density at radius 2 is 1.73 bits per heavy atom. The summed E-state index contributed by atoms with van der Waals surface area (Å²) in [5.41, 5.74) is 4.03. The number of amides is 3. The smallest absolute Gasteiger partial charge is 0.322 e. The maximum atomic E-state index is 13.8. The van der Waals surface area contributed by atoms with Crippen molar-refractivity contribution in [1.82, 2.24) is 9.80 Å². The molecule has 8 nitrogen and oxygen atoms in total. The summed E-state index contributed by atoms with van der Waals surface area (Å²) >= 11 is 1.64. The van der Waals surface area contributed by atoms with Gasteiger partial charge in [-0.15, -0.1) is 11.3 Å². The zero-order valence-electron chi connectivity index (χ0n) is 24.2. The lowest BCUT2D eigenvalue weighted by atomic mass is 10.1. The summed E-state index contributed by atoms with van der Waals surface area (Å²) in [4.78, 5) is 31.6. The molecule has 0 atom stereocenters. The fraction of sp³-hybridized carbons (Fsp3) is 0.419. The van der Waals surface area contributed by atoms with Crippen LogP contribution in [0, 0.1) is 6.92 Å². The molecule has 1 heterocycles. The number of carbonyl (C=O) groups is 2. The standard InChI is InChI=1S/C31H41N3O5S/c1-6-24-9-7-10-26(19-24)32-31(36)34(15-8-17-37-3)22-30(35)33(21-29-23(2)14-18-40-29)16-13-25-11-12-27(38-4)28(20-25)39-5/h7,9-12,14,18-20H,6,8,13,15-17,21-22H2,1-5H3,(H,32,36). The van der Waals surface area contributed by atoms with Crippen LogP contribution in [0.2, 0.25) is 0 Å². The molecule has 40 heavy (non-hydrogen) atoms. The third-order valence-electron chi connectivity index (χ3n) is 6.75. The number of benzene rings is 2. The lowest BCUT2D eigenvalue weighted by molar-refractivity contribution is -0.132. The van der Waals surface area contributed by atoms with Gasteiger partial charge in [0.1, 0.15) is 6.54 Å². The minimum atomic E-state index is -0.301. The van der Waals surface area contributed by atoms with E-state index in [2.05, 4.69) is 25.2 Å². The van der Waals surface area contributed by atoms with Crippen molar-refractivity contribution in [2.45, 2.75) is 39.7 Å². The van der Waals surface area contributed by atoms with Crippen molar-refractivity contribution in [3.8, 4) is 11.5 Å². The molecule has 9 heteroatoms. The Morgan fingerprint density at radius 3 is 2.40 bits per heavy atom. The van der Waals surface area contributed by atoms with Gasteiger partial charge in [-0.3, -0.25) is 4.79 Å². The van der Waals surface area contributed by atoms with Gasteiger partial charge in [0.25, 0.3) is 0 Å². The van der Waals surface area contributed by atoms with Gasteiger partial charge in [-0.05, 0) is 78.6 Å². The number of thiophene rings is 1. The van der Waals surface area contributed by atoms with Crippen molar-refractivity contribution in [2.24, 2.45) is 0 Å². The van der Waals surface area contributed by atoms with E-state index in [0.29, 0.717) is 56.3 Å². The molecule has 0 saturated heterocycles. The number of aryl methyl sites for hydroxylation is 2. The summed E-state index contributed by atoms with van der Waals surface area (Å²) < 4.78 is 16.0. The van der Waals surface area contributed by atoms with Crippen molar-refractivity contribution in [1.29, 1.82) is 0 Å². The normalized spacial score (nSPS) is 10.7. The van der Waals surface area contributed by atoms with E-state index in [1.165, 1.54) is 0 Å². The molecule has 0 bridgehead atoms. The Hall–Kier alpha value is -3.56. The highest BCUT2D eigenvalue weighted by molar-refractivity contribution is 7.10. The summed E-state index contributed by atoms with van der Waals surface area (Å²) in [6.45, 7) is 5.99. The molecule has 3 amide bonds. The average Bonchev–Trinajstić information content (AvgIpc) is 3.38. The molecule has 0 saturated carbocycles. The summed E-state index contributed by atoms with van der Waals surface area (Å²) in [7, 11) is 4.85. The van der Waals surface area contributed by atoms with Gasteiger partial charge in [0.05, 0.1) is 20.8 Å². The molecule has 3 aromatic rings. The van der Waals surface area contributed by atoms with E-state index < -0.39 is 0 Å². The number of rotatable bonds is 15. The molecule has 1 aromatic heterocycles. The summed E-state index contributed by atoms with van der Waals surface area (Å²) in [5, 5.41) is 5.01. The van der Waals surface area contributed by atoms with E-state index in [-0.39, 0.29) is 18.5 Å². The molecule has 0 aliphatic heterocycles. The molecular formula is C31H41N3O5S. The van der Waals surface area contributed by atoms with Gasteiger partial charge >= 0.3 is 6.03 Å². The number of hydrogen-bond acceptors (Lipinski definition) is 6. The zero-order valence-corrected chi connectivity index (χ0v) is 25.0. The predicted octanol–water partition coefficient (Wildman–Crippen LogP) is 5.78. The molecule has 0 radical (unpaired) electrons. The Labute approximate surface area is 241 Å². The summed E-state index contributed by atoms with van der Waals surface area (Å²) in [6.07, 6.45) is 2.13. The third kappa shape index (κ3) is 8.99. The van der Waals surface area contributed by atoms with Gasteiger partial charge in [0, 0.05) is 37.4 Å². The molecule has 216 valence electrons. The summed E-state index contributed by atoms with van der Waals surface area (Å²) in [5.74, 6) is 1.21. The molecular weight excluding hydrogens is 526 g/mol. The van der Waals surface area contributed by atoms with Crippen LogP contribution in [-0.2, 0) is 28.9 Å². The fourth-order valence-electron chi connectivity index (χ4n) is 4.32. The van der Waals surface area contributed by atoms with Crippen molar-refractivity contribution in [2.75, 3.05) is 52.9 Å². The molecule has 0 aliphatic rings. The van der Waals surface area contributed by atoms with Crippen LogP contribution < -0.4 is 14.8 Å². The number of ether oxygens (including phenoxy) is 3. The molecule has 0 fully saturated rings. The largest absolute Gasteiger partial charge is 0.493 e. The SMILES string of the molecule is CCc1cccc(NC(=O)N(CCCOC)CC(=O)N(CCc2ccc(OC)c(OC)c2)Cc2sccc2C)c1. The number of methoxy groups -OCH3 is 3. The second-order valence-electron chi connectivity index (χ2n) is 9.53. The number of urea groups is 1. The van der Waals surface area contributed by atoms with Crippen LogP contribution in [0.5, 0.6) is 11.5 Å². The van der Waals surface area contributed by atoms with Gasteiger partial charge in [-0.1, -0.05) is 25.1 Å². The van der Waals surface area contributed by atoms with Crippen LogP contribution in [0.4, 0.5) is 10.5 Å². The van der Waals surface area contributed by atoms with Crippen molar-refractivity contribution in [3.05, 3.63) is 75.5 Å². The van der Waals surface area contributed by atoms with E-state index >= 15 is 0 Å². The molecule has 0 aliphatic carbocycles. The van der Waals surface area contributed by atoms with Crippen LogP contribution in [0.1, 0.15) is 34.9 Å². The number of anilines is 1. The van der Waals surface area contributed by atoms with Crippen molar-refractivity contribution in [3.63, 3.8) is 0 Å². The highest BCUT2D eigenvalue weighted by Gasteiger charge is 2.23. The number of nitrogens with one attached hydrogen (secondary N) is 1. The minimum absolute atomic E-state index is 0.0284. The van der Waals surface area contributed by atoms with E-state index in [1.54, 1.807) is 37.6 Å². The van der Waals surface area contributed by atoms with Gasteiger partial charge in [-0.25, -0.2) is 4.79 Å². The second-order valence-corrected chi connectivity index (χ2v) is 10.5. The quantitative estimate of drug-likeness (QED) is 0.236. The molecule has 0 spiro atoms. The Bertz CT molecular complexity index is 1250. The second kappa shape index (κ2) is 15.9. The highest BCUT2D eigenvalue weighted by atomic mass is 32.1. The van der Waals surface area contributed by atoms with E-state index in [1.807, 2.05) is 52.7 Å². The Balaban J connectivity index is 1.77. The van der Waals surface area contributed by atoms with Crippen molar-refractivity contribution >= 4 is 29.0 Å². The maximum Gasteiger partial charge on any atom is 0.322 e. The third-order valence-corrected chi connectivity index (χ3v) is 7.76. The molecule has 0 unspecified atom stereocenters. The first kappa shape index (κ1) is 31.0. The van der Waals surface area contributed by atoms with E-state index in [0.717, 1.165) is 28.0 Å². The van der Waals surface area contributed by atoms with Gasteiger partial charge in [0.2, 0.25) is 5.91 Å². The lowest BCUT2D eigenvalue weighted by Crippen LogP contribution is -2.45. The van der Waals surface area contributed by atoms with Gasteiger partial charge in [-0.2, -0.15) is 0 Å². The van der Waals surface area contributed by atoms with Crippen LogP contribution in [0.15, 0.2) is 53.9 Å². The molecule has 2 aromatic carbocycles.